The Labute approximate surface area is 148 Å². The maximum Gasteiger partial charge on any atom is 0.223 e. The van der Waals surface area contributed by atoms with Gasteiger partial charge in [0.15, 0.2) is 0 Å². The maximum absolute atomic E-state index is 12.3. The number of benzene rings is 1. The quantitative estimate of drug-likeness (QED) is 0.763. The molecule has 0 saturated heterocycles. The summed E-state index contributed by atoms with van der Waals surface area (Å²) < 4.78 is 5.30. The van der Waals surface area contributed by atoms with Crippen LogP contribution < -0.4 is 5.32 Å². The third-order valence-corrected chi connectivity index (χ3v) is 5.45. The highest BCUT2D eigenvalue weighted by Gasteiger charge is 2.20. The predicted octanol–water partition coefficient (Wildman–Crippen LogP) is 4.26. The van der Waals surface area contributed by atoms with Crippen LogP contribution in [-0.2, 0) is 22.4 Å². The highest BCUT2D eigenvalue weighted by Crippen LogP contribution is 2.30. The van der Waals surface area contributed by atoms with Crippen molar-refractivity contribution in [3.8, 4) is 0 Å². The topological polar surface area (TPSA) is 38.3 Å². The van der Waals surface area contributed by atoms with E-state index in [1.165, 1.54) is 40.8 Å². The van der Waals surface area contributed by atoms with Gasteiger partial charge in [0, 0.05) is 17.9 Å². The zero-order valence-corrected chi connectivity index (χ0v) is 15.0. The Bertz CT molecular complexity index is 666. The summed E-state index contributed by atoms with van der Waals surface area (Å²) in [4.78, 5) is 13.5. The first-order valence-electron chi connectivity index (χ1n) is 8.80. The lowest BCUT2D eigenvalue weighted by Crippen LogP contribution is -2.29. The largest absolute Gasteiger partial charge is 0.381 e. The third-order valence-electron chi connectivity index (χ3n) is 4.52. The van der Waals surface area contributed by atoms with E-state index in [4.69, 9.17) is 4.74 Å². The molecule has 1 unspecified atom stereocenters. The molecule has 3 rings (SSSR count). The summed E-state index contributed by atoms with van der Waals surface area (Å²) in [5.41, 5.74) is 4.10. The van der Waals surface area contributed by atoms with Gasteiger partial charge < -0.3 is 10.1 Å². The Kier molecular flexibility index (Phi) is 6.05. The molecule has 0 aliphatic heterocycles. The third kappa shape index (κ3) is 4.25. The molecule has 2 aromatic rings. The van der Waals surface area contributed by atoms with Crippen LogP contribution in [0.2, 0.25) is 0 Å². The van der Waals surface area contributed by atoms with Crippen LogP contribution in [0.1, 0.15) is 53.8 Å². The number of nitrogens with one attached hydrogen (secondary N) is 1. The number of rotatable bonds is 7. The van der Waals surface area contributed by atoms with Crippen LogP contribution in [0.25, 0.3) is 0 Å². The summed E-state index contributed by atoms with van der Waals surface area (Å²) in [5.74, 6) is 0.0413. The van der Waals surface area contributed by atoms with Crippen LogP contribution in [0.5, 0.6) is 0 Å². The van der Waals surface area contributed by atoms with Crippen molar-refractivity contribution in [1.29, 1.82) is 0 Å². The lowest BCUT2D eigenvalue weighted by atomic mass is 9.89. The summed E-state index contributed by atoms with van der Waals surface area (Å²) >= 11 is 1.69. The molecule has 3 nitrogen and oxygen atoms in total. The van der Waals surface area contributed by atoms with E-state index < -0.39 is 0 Å². The first-order valence-corrected chi connectivity index (χ1v) is 9.68. The van der Waals surface area contributed by atoms with E-state index in [1.54, 1.807) is 11.3 Å². The summed E-state index contributed by atoms with van der Waals surface area (Å²) in [6.07, 6.45) is 5.29. The van der Waals surface area contributed by atoms with Gasteiger partial charge in [0.2, 0.25) is 5.91 Å². The molecule has 0 radical (unpaired) electrons. The van der Waals surface area contributed by atoms with Crippen LogP contribution in [0.3, 0.4) is 0 Å². The Morgan fingerprint density at radius 2 is 2.08 bits per heavy atom. The average molecular weight is 343 g/mol. The molecule has 1 aromatic heterocycles. The van der Waals surface area contributed by atoms with Crippen molar-refractivity contribution >= 4 is 17.2 Å². The number of carbonyl (C=O) groups is 1. The van der Waals surface area contributed by atoms with Crippen molar-refractivity contribution in [2.75, 3.05) is 13.2 Å². The highest BCUT2D eigenvalue weighted by molar-refractivity contribution is 7.10. The number of aryl methyl sites for hydroxylation is 2. The molecule has 0 spiro atoms. The van der Waals surface area contributed by atoms with E-state index in [0.717, 1.165) is 6.42 Å². The molecule has 1 aromatic carbocycles. The highest BCUT2D eigenvalue weighted by atomic mass is 32.1. The molecule has 0 bridgehead atoms. The molecule has 24 heavy (non-hydrogen) atoms. The number of thiophene rings is 1. The number of fused-ring (bicyclic) bond motifs is 1. The maximum atomic E-state index is 12.3. The average Bonchev–Trinajstić information content (AvgIpc) is 3.14. The first-order chi connectivity index (χ1) is 11.8. The van der Waals surface area contributed by atoms with Crippen molar-refractivity contribution in [2.45, 2.75) is 45.1 Å². The second-order valence-electron chi connectivity index (χ2n) is 6.20. The second kappa shape index (κ2) is 8.45. The van der Waals surface area contributed by atoms with Gasteiger partial charge in [-0.1, -0.05) is 24.3 Å². The number of hydrogen-bond donors (Lipinski definition) is 1. The van der Waals surface area contributed by atoms with Gasteiger partial charge >= 0.3 is 0 Å². The van der Waals surface area contributed by atoms with E-state index in [9.17, 15) is 4.79 Å². The molecule has 128 valence electrons. The van der Waals surface area contributed by atoms with Crippen LogP contribution in [0, 0.1) is 0 Å². The Morgan fingerprint density at radius 3 is 2.83 bits per heavy atom. The van der Waals surface area contributed by atoms with Gasteiger partial charge in [-0.25, -0.2) is 0 Å². The van der Waals surface area contributed by atoms with Gasteiger partial charge in [-0.2, -0.15) is 0 Å². The molecule has 1 amide bonds. The fourth-order valence-electron chi connectivity index (χ4n) is 3.25. The van der Waals surface area contributed by atoms with E-state index in [-0.39, 0.29) is 11.9 Å². The molecule has 0 saturated carbocycles. The molecule has 1 aliphatic carbocycles. The fourth-order valence-corrected chi connectivity index (χ4v) is 4.05. The SMILES string of the molecule is CCOCCC(=O)NC(c1ccc2c(c1)CCCC2)c1cccs1. The molecule has 1 atom stereocenters. The van der Waals surface area contributed by atoms with Crippen molar-refractivity contribution in [2.24, 2.45) is 0 Å². The van der Waals surface area contributed by atoms with E-state index >= 15 is 0 Å². The zero-order chi connectivity index (χ0) is 16.8. The minimum absolute atomic E-state index is 0.0413. The molecule has 0 fully saturated rings. The van der Waals surface area contributed by atoms with Gasteiger partial charge in [0.1, 0.15) is 0 Å². The summed E-state index contributed by atoms with van der Waals surface area (Å²) in [6, 6.07) is 10.8. The van der Waals surface area contributed by atoms with E-state index in [2.05, 4.69) is 35.0 Å². The van der Waals surface area contributed by atoms with Crippen molar-refractivity contribution in [3.63, 3.8) is 0 Å². The van der Waals surface area contributed by atoms with Crippen molar-refractivity contribution in [3.05, 3.63) is 57.3 Å². The molecule has 1 N–H and O–H groups in total. The lowest BCUT2D eigenvalue weighted by Gasteiger charge is -2.22. The van der Waals surface area contributed by atoms with Crippen LogP contribution in [0.15, 0.2) is 35.7 Å². The molecule has 1 heterocycles. The monoisotopic (exact) mass is 343 g/mol. The normalized spacial score (nSPS) is 14.9. The summed E-state index contributed by atoms with van der Waals surface area (Å²) in [6.45, 7) is 3.07. The predicted molar refractivity (Wildman–Crippen MR) is 98.5 cm³/mol. The van der Waals surface area contributed by atoms with E-state index in [1.807, 2.05) is 13.0 Å². The van der Waals surface area contributed by atoms with Gasteiger partial charge in [-0.05, 0) is 60.7 Å². The number of amides is 1. The zero-order valence-electron chi connectivity index (χ0n) is 14.2. The van der Waals surface area contributed by atoms with Crippen LogP contribution in [0.4, 0.5) is 0 Å². The Balaban J connectivity index is 1.79. The Hall–Kier alpha value is -1.65. The molecular formula is C20H25NO2S. The van der Waals surface area contributed by atoms with Crippen molar-refractivity contribution in [1.82, 2.24) is 5.32 Å². The van der Waals surface area contributed by atoms with Crippen LogP contribution in [-0.4, -0.2) is 19.1 Å². The van der Waals surface area contributed by atoms with Crippen LogP contribution >= 0.6 is 11.3 Å². The summed E-state index contributed by atoms with van der Waals surface area (Å²) in [7, 11) is 0. The number of ether oxygens (including phenoxy) is 1. The smallest absolute Gasteiger partial charge is 0.223 e. The van der Waals surface area contributed by atoms with Gasteiger partial charge in [-0.15, -0.1) is 11.3 Å². The molecular weight excluding hydrogens is 318 g/mol. The van der Waals surface area contributed by atoms with Gasteiger partial charge in [-0.3, -0.25) is 4.79 Å². The first kappa shape index (κ1) is 17.2. The minimum atomic E-state index is -0.0636. The van der Waals surface area contributed by atoms with E-state index in [0.29, 0.717) is 19.6 Å². The minimum Gasteiger partial charge on any atom is -0.381 e. The standard InChI is InChI=1S/C20H25NO2S/c1-2-23-12-11-19(22)21-20(18-8-5-13-24-18)17-10-9-15-6-3-4-7-16(15)14-17/h5,8-10,13-14,20H,2-4,6-7,11-12H2,1H3,(H,21,22). The summed E-state index contributed by atoms with van der Waals surface area (Å²) in [5, 5.41) is 5.26. The van der Waals surface area contributed by atoms with Crippen molar-refractivity contribution < 1.29 is 9.53 Å². The second-order valence-corrected chi connectivity index (χ2v) is 7.18. The molecule has 4 heteroatoms. The number of carbonyl (C=O) groups excluding carboxylic acids is 1. The lowest BCUT2D eigenvalue weighted by molar-refractivity contribution is -0.122. The van der Waals surface area contributed by atoms with Gasteiger partial charge in [0.05, 0.1) is 12.6 Å². The molecule has 1 aliphatic rings. The fraction of sp³-hybridized carbons (Fsp3) is 0.450. The Morgan fingerprint density at radius 1 is 1.25 bits per heavy atom. The number of hydrogen-bond acceptors (Lipinski definition) is 3. The van der Waals surface area contributed by atoms with Gasteiger partial charge in [0.25, 0.3) is 0 Å².